The largest absolute Gasteiger partial charge is 3.00 e. The molecule has 0 heterocycles. The third kappa shape index (κ3) is 77.8. The van der Waals surface area contributed by atoms with Gasteiger partial charge in [0.05, 0.1) is 0 Å². The zero-order valence-electron chi connectivity index (χ0n) is 15.9. The minimum Gasteiger partial charge on any atom is -0.870 e. The maximum Gasteiger partial charge on any atom is 3.00 e. The van der Waals surface area contributed by atoms with E-state index in [2.05, 4.69) is 0 Å². The molecule has 0 aromatic rings. The molecule has 34 N–H and O–H groups in total. The van der Waals surface area contributed by atoms with E-state index in [4.69, 9.17) is 0 Å². The average Bonchev–Trinajstić information content (AvgIpc) is 1.77. The van der Waals surface area contributed by atoms with E-state index >= 15 is 0 Å². The van der Waals surface area contributed by atoms with Gasteiger partial charge < -0.3 is 100 Å². The summed E-state index contributed by atoms with van der Waals surface area (Å²) in [5, 5.41) is 0. The van der Waals surface area contributed by atoms with Gasteiger partial charge in [-0.2, -0.15) is 0 Å². The molecule has 26 nitrogen and oxygen atoms in total. The first-order valence-corrected chi connectivity index (χ1v) is 9.00. The van der Waals surface area contributed by atoms with Crippen LogP contribution in [0.3, 0.4) is 0 Å². The Kier molecular flexibility index (Phi) is 236. The summed E-state index contributed by atoms with van der Waals surface area (Å²) < 4.78 is 110. The molecule has 218 valence electrons. The fourth-order valence-corrected chi connectivity index (χ4v) is 0. The van der Waals surface area contributed by atoms with Crippen LogP contribution in [0.25, 0.3) is 0 Å². The van der Waals surface area contributed by atoms with E-state index < -0.39 is 36.6 Å². The average molecular weight is 667 g/mol. The van der Waals surface area contributed by atoms with E-state index in [0.717, 1.165) is 0 Å². The van der Waals surface area contributed by atoms with Crippen LogP contribution < -0.4 is 49.2 Å². The minimum atomic E-state index is -5.67. The van der Waals surface area contributed by atoms with Gasteiger partial charge in [0, 0.05) is 0 Å². The molecule has 0 aromatic carbocycles. The van der Waals surface area contributed by atoms with Crippen LogP contribution in [-0.2, 0) is 71.3 Å². The van der Waals surface area contributed by atoms with Crippen molar-refractivity contribution < 1.29 is 119 Å². The summed E-state index contributed by atoms with van der Waals surface area (Å²) >= 11 is 0. The van der Waals surface area contributed by atoms with Gasteiger partial charge in [0.2, 0.25) is 0 Å². The molecule has 32 heteroatoms. The monoisotopic (exact) mass is 666 g/mol. The van der Waals surface area contributed by atoms with E-state index in [9.17, 15) is 51.9 Å². The van der Waals surface area contributed by atoms with Crippen molar-refractivity contribution in [2.24, 2.45) is 0 Å². The van der Waals surface area contributed by atoms with Crippen LogP contribution in [-0.4, -0.2) is 84.7 Å². The molecule has 0 aromatic heterocycles. The molecule has 0 aliphatic rings. The molecule has 0 saturated heterocycles. The molecule has 0 unspecified atom stereocenters. The summed E-state index contributed by atoms with van der Waals surface area (Å²) in [5.74, 6) is 0. The Bertz CT molecular complexity index is 536. The minimum absolute atomic E-state index is 0. The Hall–Kier alpha value is 0.145. The number of hydrogen-bond donors (Lipinski definition) is 8. The Labute approximate surface area is 204 Å². The quantitative estimate of drug-likeness (QED) is 0.100. The first kappa shape index (κ1) is 156. The Morgan fingerprint density at radius 3 is 0.344 bits per heavy atom. The van der Waals surface area contributed by atoms with Crippen LogP contribution in [0, 0.1) is 0 Å². The summed E-state index contributed by atoms with van der Waals surface area (Å²) in [6.45, 7) is 0. The SMILES string of the molecule is N.N.N.N.N.N.N.N.O.O.O.O.O=S(=O)([O-])S(=O)(=O)[O-].O=S(=O)([O-])S(=O)(=O)[O-].[Cr+3].[Cr+3].[OH-].[OH-]. The molecule has 0 atom stereocenters. The van der Waals surface area contributed by atoms with Gasteiger partial charge in [-0.05, 0) is 0 Å². The van der Waals surface area contributed by atoms with E-state index in [1.54, 1.807) is 0 Å². The Morgan fingerprint density at radius 2 is 0.344 bits per heavy atom. The molecule has 0 aliphatic heterocycles. The maximum absolute atomic E-state index is 9.20. The molecule has 0 spiro atoms. The number of rotatable bonds is 2. The first-order valence-electron chi connectivity index (χ1n) is 2.33. The van der Waals surface area contributed by atoms with Crippen molar-refractivity contribution in [2.45, 2.75) is 0 Å². The molecular weight excluding hydrogens is 632 g/mol. The molecule has 0 rings (SSSR count). The van der Waals surface area contributed by atoms with Gasteiger partial charge in [-0.3, -0.25) is 0 Å². The topological polar surface area (TPSA) is 695 Å². The molecule has 0 bridgehead atoms. The smallest absolute Gasteiger partial charge is 0.870 e. The molecule has 0 aliphatic carbocycles. The second-order valence-electron chi connectivity index (χ2n) is 1.63. The predicted molar refractivity (Wildman–Crippen MR) is 97.3 cm³/mol. The van der Waals surface area contributed by atoms with Crippen molar-refractivity contribution in [3.05, 3.63) is 0 Å². The van der Waals surface area contributed by atoms with Gasteiger partial charge in [-0.15, -0.1) is 0 Å². The van der Waals surface area contributed by atoms with Gasteiger partial charge in [0.25, 0.3) is 0 Å². The van der Waals surface area contributed by atoms with Crippen molar-refractivity contribution >= 4 is 36.6 Å². The standard InChI is InChI=1S/2Cr.8H3N.2H2O6S2.6H2O/c;;;;;;;;;;2*1-7(2,3)8(4,5)6;;;;;;/h;;8*1H3;2*(H,1,2,3)(H,4,5,6);6*1H2/q2*+3;;;;;;;;;;;;;;;;/p-6. The first-order chi connectivity index (χ1) is 6.50. The molecule has 0 saturated carbocycles. The maximum atomic E-state index is 9.20. The molecule has 32 heavy (non-hydrogen) atoms. The molecule has 2 radical (unpaired) electrons. The third-order valence-electron chi connectivity index (χ3n) is 0.500. The summed E-state index contributed by atoms with van der Waals surface area (Å²) in [6, 6.07) is 0. The molecular formula is H34Cr2N8O18S4. The van der Waals surface area contributed by atoms with E-state index in [1.165, 1.54) is 0 Å². The van der Waals surface area contributed by atoms with E-state index in [1.807, 2.05) is 0 Å². The van der Waals surface area contributed by atoms with Gasteiger partial charge in [0.1, 0.15) is 0 Å². The van der Waals surface area contributed by atoms with Crippen molar-refractivity contribution in [1.29, 1.82) is 0 Å². The van der Waals surface area contributed by atoms with Crippen LogP contribution in [0.15, 0.2) is 0 Å². The summed E-state index contributed by atoms with van der Waals surface area (Å²) in [7, 11) is -22.7. The van der Waals surface area contributed by atoms with Gasteiger partial charge in [-0.25, -0.2) is 33.7 Å². The van der Waals surface area contributed by atoms with E-state index in [0.29, 0.717) is 0 Å². The van der Waals surface area contributed by atoms with Crippen molar-refractivity contribution in [1.82, 2.24) is 49.2 Å². The second-order valence-corrected chi connectivity index (χ2v) is 9.80. The van der Waals surface area contributed by atoms with Gasteiger partial charge in [0.15, 0.2) is 36.6 Å². The van der Waals surface area contributed by atoms with Gasteiger partial charge >= 0.3 is 34.7 Å². The van der Waals surface area contributed by atoms with Crippen molar-refractivity contribution in [3.63, 3.8) is 0 Å². The fraction of sp³-hybridized carbons (Fsp3) is 0. The Morgan fingerprint density at radius 1 is 0.312 bits per heavy atom. The third-order valence-corrected chi connectivity index (χ3v) is 4.50. The van der Waals surface area contributed by atoms with Crippen molar-refractivity contribution in [2.75, 3.05) is 0 Å². The second kappa shape index (κ2) is 48.5. The van der Waals surface area contributed by atoms with Crippen LogP contribution in [0.4, 0.5) is 0 Å². The Balaban J connectivity index is -0.00000000510. The molecule has 0 fully saturated rings. The number of hydrogen-bond acceptors (Lipinski definition) is 22. The van der Waals surface area contributed by atoms with Crippen LogP contribution >= 0.6 is 0 Å². The summed E-state index contributed by atoms with van der Waals surface area (Å²) in [5.41, 5.74) is 0. The normalized spacial score (nSPS) is 6.88. The molecule has 0 amide bonds. The van der Waals surface area contributed by atoms with Crippen LogP contribution in [0.2, 0.25) is 0 Å². The summed E-state index contributed by atoms with van der Waals surface area (Å²) in [4.78, 5) is 0. The van der Waals surface area contributed by atoms with Gasteiger partial charge in [-0.1, -0.05) is 0 Å². The predicted octanol–water partition coefficient (Wildman–Crippen LogP) is -6.38. The van der Waals surface area contributed by atoms with E-state index in [-0.39, 0.29) is 117 Å². The zero-order chi connectivity index (χ0) is 14.0. The zero-order valence-corrected chi connectivity index (χ0v) is 21.7. The van der Waals surface area contributed by atoms with Crippen LogP contribution in [0.5, 0.6) is 0 Å². The van der Waals surface area contributed by atoms with Crippen LogP contribution in [0.1, 0.15) is 0 Å². The fourth-order valence-electron chi connectivity index (χ4n) is 0. The summed E-state index contributed by atoms with van der Waals surface area (Å²) in [6.07, 6.45) is 0. The van der Waals surface area contributed by atoms with Crippen molar-refractivity contribution in [3.8, 4) is 0 Å².